The van der Waals surface area contributed by atoms with Crippen LogP contribution in [-0.2, 0) is 0 Å². The van der Waals surface area contributed by atoms with Gasteiger partial charge in [0.25, 0.3) is 5.91 Å². The first-order valence-corrected chi connectivity index (χ1v) is 5.92. The first-order chi connectivity index (χ1) is 10.0. The zero-order valence-electron chi connectivity index (χ0n) is 11.0. The lowest BCUT2D eigenvalue weighted by atomic mass is 10.1. The summed E-state index contributed by atoms with van der Waals surface area (Å²) in [6.07, 6.45) is 2.65. The van der Waals surface area contributed by atoms with Gasteiger partial charge in [-0.05, 0) is 18.2 Å². The summed E-state index contributed by atoms with van der Waals surface area (Å²) in [6.45, 7) is 0. The fraction of sp³-hybridized carbons (Fsp3) is 0.0714. The lowest BCUT2D eigenvalue weighted by Gasteiger charge is -2.09. The van der Waals surface area contributed by atoms with E-state index in [1.165, 1.54) is 43.8 Å². The summed E-state index contributed by atoms with van der Waals surface area (Å²) in [4.78, 5) is 37.4. The Morgan fingerprint density at radius 1 is 1.24 bits per heavy atom. The number of anilines is 1. The molecule has 1 aromatic carbocycles. The molecule has 0 aliphatic heterocycles. The summed E-state index contributed by atoms with van der Waals surface area (Å²) >= 11 is 0. The Kier molecular flexibility index (Phi) is 4.03. The SMILES string of the molecule is COc1ccc(NC(=O)c2c[nH]ccc2=O)c(C(=O)O)c1. The number of aromatic carboxylic acids is 1. The fourth-order valence-electron chi connectivity index (χ4n) is 1.72. The lowest BCUT2D eigenvalue weighted by molar-refractivity contribution is 0.0697. The second kappa shape index (κ2) is 5.91. The van der Waals surface area contributed by atoms with Gasteiger partial charge in [0.05, 0.1) is 18.4 Å². The maximum atomic E-state index is 12.0. The van der Waals surface area contributed by atoms with Crippen LogP contribution in [0, 0.1) is 0 Å². The fourth-order valence-corrected chi connectivity index (χ4v) is 1.72. The van der Waals surface area contributed by atoms with Gasteiger partial charge in [0.15, 0.2) is 5.43 Å². The number of aromatic nitrogens is 1. The summed E-state index contributed by atoms with van der Waals surface area (Å²) in [6, 6.07) is 5.41. The summed E-state index contributed by atoms with van der Waals surface area (Å²) in [5.74, 6) is -1.56. The minimum absolute atomic E-state index is 0.0801. The monoisotopic (exact) mass is 288 g/mol. The predicted molar refractivity (Wildman–Crippen MR) is 75.0 cm³/mol. The molecule has 1 amide bonds. The largest absolute Gasteiger partial charge is 0.497 e. The standard InChI is InChI=1S/C14H12N2O5/c1-21-8-2-3-11(9(6-8)14(19)20)16-13(18)10-7-15-5-4-12(10)17/h2-7H,1H3,(H,15,17)(H,16,18)(H,19,20). The van der Waals surface area contributed by atoms with Gasteiger partial charge >= 0.3 is 5.97 Å². The molecule has 0 bridgehead atoms. The number of hydrogen-bond donors (Lipinski definition) is 3. The molecule has 0 atom stereocenters. The molecule has 21 heavy (non-hydrogen) atoms. The van der Waals surface area contributed by atoms with Gasteiger partial charge in [-0.15, -0.1) is 0 Å². The average molecular weight is 288 g/mol. The molecule has 3 N–H and O–H groups in total. The molecule has 0 aliphatic rings. The van der Waals surface area contributed by atoms with Crippen LogP contribution in [0.5, 0.6) is 5.75 Å². The summed E-state index contributed by atoms with van der Waals surface area (Å²) in [5, 5.41) is 11.6. The van der Waals surface area contributed by atoms with E-state index < -0.39 is 17.3 Å². The molecule has 0 fully saturated rings. The van der Waals surface area contributed by atoms with Crippen molar-refractivity contribution in [3.63, 3.8) is 0 Å². The minimum Gasteiger partial charge on any atom is -0.497 e. The van der Waals surface area contributed by atoms with Crippen LogP contribution >= 0.6 is 0 Å². The molecule has 7 nitrogen and oxygen atoms in total. The normalized spacial score (nSPS) is 9.95. The molecular formula is C14H12N2O5. The Hall–Kier alpha value is -3.09. The number of carboxylic acids is 1. The number of nitrogens with one attached hydrogen (secondary N) is 2. The van der Waals surface area contributed by atoms with Gasteiger partial charge in [0.2, 0.25) is 0 Å². The highest BCUT2D eigenvalue weighted by Gasteiger charge is 2.16. The Labute approximate surface area is 119 Å². The number of carbonyl (C=O) groups is 2. The summed E-state index contributed by atoms with van der Waals surface area (Å²) < 4.78 is 4.94. The minimum atomic E-state index is -1.22. The molecule has 0 radical (unpaired) electrons. The zero-order valence-corrected chi connectivity index (χ0v) is 11.0. The van der Waals surface area contributed by atoms with Crippen LogP contribution in [0.4, 0.5) is 5.69 Å². The van der Waals surface area contributed by atoms with E-state index in [4.69, 9.17) is 9.84 Å². The van der Waals surface area contributed by atoms with Gasteiger partial charge in [0, 0.05) is 18.5 Å². The van der Waals surface area contributed by atoms with Crippen LogP contribution < -0.4 is 15.5 Å². The topological polar surface area (TPSA) is 108 Å². The first kappa shape index (κ1) is 14.3. The number of benzene rings is 1. The predicted octanol–water partition coefficient (Wildman–Crippen LogP) is 1.33. The van der Waals surface area contributed by atoms with Crippen LogP contribution in [0.2, 0.25) is 0 Å². The summed E-state index contributed by atoms with van der Waals surface area (Å²) in [5.41, 5.74) is -0.618. The maximum Gasteiger partial charge on any atom is 0.337 e. The summed E-state index contributed by atoms with van der Waals surface area (Å²) in [7, 11) is 1.41. The van der Waals surface area contributed by atoms with E-state index in [9.17, 15) is 14.4 Å². The van der Waals surface area contributed by atoms with Crippen molar-refractivity contribution in [2.75, 3.05) is 12.4 Å². The van der Waals surface area contributed by atoms with Gasteiger partial charge in [-0.25, -0.2) is 4.79 Å². The third-order valence-corrected chi connectivity index (χ3v) is 2.77. The maximum absolute atomic E-state index is 12.0. The quantitative estimate of drug-likeness (QED) is 0.786. The van der Waals surface area contributed by atoms with Gasteiger partial charge in [-0.3, -0.25) is 9.59 Å². The van der Waals surface area contributed by atoms with Crippen molar-refractivity contribution in [1.82, 2.24) is 4.98 Å². The number of amides is 1. The van der Waals surface area contributed by atoms with Gasteiger partial charge in [-0.2, -0.15) is 0 Å². The van der Waals surface area contributed by atoms with E-state index in [-0.39, 0.29) is 16.8 Å². The van der Waals surface area contributed by atoms with Crippen LogP contribution in [0.15, 0.2) is 41.5 Å². The highest BCUT2D eigenvalue weighted by molar-refractivity contribution is 6.07. The number of carbonyl (C=O) groups excluding carboxylic acids is 1. The number of methoxy groups -OCH3 is 1. The van der Waals surface area contributed by atoms with Crippen molar-refractivity contribution in [2.24, 2.45) is 0 Å². The molecule has 0 aliphatic carbocycles. The van der Waals surface area contributed by atoms with E-state index in [2.05, 4.69) is 10.3 Å². The number of rotatable bonds is 4. The Bertz CT molecular complexity index is 751. The number of ether oxygens (including phenoxy) is 1. The molecular weight excluding hydrogens is 276 g/mol. The molecule has 1 aromatic heterocycles. The van der Waals surface area contributed by atoms with Crippen LogP contribution in [0.25, 0.3) is 0 Å². The van der Waals surface area contributed by atoms with E-state index >= 15 is 0 Å². The molecule has 0 saturated heterocycles. The molecule has 1 heterocycles. The van der Waals surface area contributed by atoms with Crippen molar-refractivity contribution >= 4 is 17.6 Å². The van der Waals surface area contributed by atoms with Crippen molar-refractivity contribution in [3.05, 3.63) is 58.0 Å². The molecule has 0 unspecified atom stereocenters. The Morgan fingerprint density at radius 3 is 2.62 bits per heavy atom. The van der Waals surface area contributed by atoms with Crippen molar-refractivity contribution in [2.45, 2.75) is 0 Å². The number of pyridine rings is 1. The highest BCUT2D eigenvalue weighted by Crippen LogP contribution is 2.22. The van der Waals surface area contributed by atoms with Gasteiger partial charge in [-0.1, -0.05) is 0 Å². The van der Waals surface area contributed by atoms with Gasteiger partial charge < -0.3 is 20.1 Å². The number of aromatic amines is 1. The third-order valence-electron chi connectivity index (χ3n) is 2.77. The molecule has 108 valence electrons. The van der Waals surface area contributed by atoms with E-state index in [1.54, 1.807) is 0 Å². The third kappa shape index (κ3) is 3.08. The number of hydrogen-bond acceptors (Lipinski definition) is 4. The molecule has 2 aromatic rings. The molecule has 7 heteroatoms. The number of carboxylic acid groups (broad SMARTS) is 1. The van der Waals surface area contributed by atoms with Crippen molar-refractivity contribution in [1.29, 1.82) is 0 Å². The molecule has 0 saturated carbocycles. The second-order valence-electron chi connectivity index (χ2n) is 4.09. The zero-order chi connectivity index (χ0) is 15.4. The lowest BCUT2D eigenvalue weighted by Crippen LogP contribution is -2.22. The van der Waals surface area contributed by atoms with Crippen LogP contribution in [0.1, 0.15) is 20.7 Å². The van der Waals surface area contributed by atoms with Crippen molar-refractivity contribution in [3.8, 4) is 5.75 Å². The van der Waals surface area contributed by atoms with Gasteiger partial charge in [0.1, 0.15) is 11.3 Å². The van der Waals surface area contributed by atoms with Crippen molar-refractivity contribution < 1.29 is 19.4 Å². The first-order valence-electron chi connectivity index (χ1n) is 5.92. The van der Waals surface area contributed by atoms with E-state index in [1.807, 2.05) is 0 Å². The Morgan fingerprint density at radius 2 is 2.00 bits per heavy atom. The molecule has 2 rings (SSSR count). The second-order valence-corrected chi connectivity index (χ2v) is 4.09. The van der Waals surface area contributed by atoms with E-state index in [0.717, 1.165) is 0 Å². The smallest absolute Gasteiger partial charge is 0.337 e. The van der Waals surface area contributed by atoms with Crippen LogP contribution in [0.3, 0.4) is 0 Å². The highest BCUT2D eigenvalue weighted by atomic mass is 16.5. The van der Waals surface area contributed by atoms with E-state index in [0.29, 0.717) is 5.75 Å². The van der Waals surface area contributed by atoms with Crippen LogP contribution in [-0.4, -0.2) is 29.1 Å². The Balaban J connectivity index is 2.36. The number of H-pyrrole nitrogens is 1. The molecule has 0 spiro atoms. The average Bonchev–Trinajstić information content (AvgIpc) is 2.47.